The molecule has 1 rings (SSSR count). The zero-order valence-electron chi connectivity index (χ0n) is 14.6. The molecule has 0 bridgehead atoms. The van der Waals surface area contributed by atoms with Gasteiger partial charge in [-0.15, -0.1) is 0 Å². The van der Waals surface area contributed by atoms with Crippen LogP contribution in [0.25, 0.3) is 0 Å². The Morgan fingerprint density at radius 1 is 1.25 bits per heavy atom. The minimum absolute atomic E-state index is 0.142. The average Bonchev–Trinajstić information content (AvgIpc) is 2.51. The Morgan fingerprint density at radius 3 is 2.50 bits per heavy atom. The minimum atomic E-state index is -0.559. The minimum Gasteiger partial charge on any atom is -0.445 e. The van der Waals surface area contributed by atoms with E-state index in [4.69, 9.17) is 9.47 Å². The lowest BCUT2D eigenvalue weighted by Gasteiger charge is -2.23. The number of benzene rings is 1. The van der Waals surface area contributed by atoms with E-state index in [9.17, 15) is 9.59 Å². The lowest BCUT2D eigenvalue weighted by Crippen LogP contribution is -2.40. The number of hydrogen-bond acceptors (Lipinski definition) is 4. The molecular formula is C18H26N2O4. The van der Waals surface area contributed by atoms with Crippen molar-refractivity contribution in [2.75, 3.05) is 19.7 Å². The van der Waals surface area contributed by atoms with Crippen molar-refractivity contribution in [3.8, 4) is 0 Å². The van der Waals surface area contributed by atoms with E-state index in [1.807, 2.05) is 30.3 Å². The van der Waals surface area contributed by atoms with Gasteiger partial charge in [0.2, 0.25) is 0 Å². The molecule has 132 valence electrons. The molecule has 0 aliphatic rings. The molecule has 0 aromatic heterocycles. The largest absolute Gasteiger partial charge is 0.445 e. The van der Waals surface area contributed by atoms with Crippen molar-refractivity contribution in [1.29, 1.82) is 0 Å². The lowest BCUT2D eigenvalue weighted by molar-refractivity contribution is 0.0517. The van der Waals surface area contributed by atoms with E-state index in [-0.39, 0.29) is 13.2 Å². The molecule has 1 aromatic carbocycles. The summed E-state index contributed by atoms with van der Waals surface area (Å²) in [7, 11) is 0. The maximum Gasteiger partial charge on any atom is 0.410 e. The van der Waals surface area contributed by atoms with Crippen molar-refractivity contribution in [3.63, 3.8) is 0 Å². The van der Waals surface area contributed by atoms with Gasteiger partial charge >= 0.3 is 12.2 Å². The quantitative estimate of drug-likeness (QED) is 0.777. The van der Waals surface area contributed by atoms with Crippen LogP contribution in [0.4, 0.5) is 9.59 Å². The number of nitrogens with one attached hydrogen (secondary N) is 1. The zero-order valence-corrected chi connectivity index (χ0v) is 14.6. The summed E-state index contributed by atoms with van der Waals surface area (Å²) >= 11 is 0. The summed E-state index contributed by atoms with van der Waals surface area (Å²) < 4.78 is 10.3. The highest BCUT2D eigenvalue weighted by molar-refractivity contribution is 5.69. The molecule has 0 fully saturated rings. The Labute approximate surface area is 143 Å². The molecule has 24 heavy (non-hydrogen) atoms. The number of amides is 2. The fourth-order valence-corrected chi connectivity index (χ4v) is 1.87. The van der Waals surface area contributed by atoms with Crippen molar-refractivity contribution in [2.45, 2.75) is 32.9 Å². The summed E-state index contributed by atoms with van der Waals surface area (Å²) in [5, 5.41) is 2.64. The van der Waals surface area contributed by atoms with Crippen LogP contribution in [-0.2, 0) is 16.0 Å². The Morgan fingerprint density at radius 2 is 1.92 bits per heavy atom. The Bertz CT molecular complexity index is 538. The molecule has 6 heteroatoms. The monoisotopic (exact) mass is 334 g/mol. The van der Waals surface area contributed by atoms with E-state index < -0.39 is 17.8 Å². The predicted octanol–water partition coefficient (Wildman–Crippen LogP) is 3.34. The standard InChI is InChI=1S/C18H26N2O4/c1-5-13-23-17(22)20(14-15-9-7-6-8-10-15)12-11-19-16(21)24-18(2,3)4/h5-10H,1,11-14H2,2-4H3,(H,19,21). The molecule has 0 unspecified atom stereocenters. The second-order valence-corrected chi connectivity index (χ2v) is 6.20. The Kier molecular flexibility index (Phi) is 7.82. The lowest BCUT2D eigenvalue weighted by atomic mass is 10.2. The van der Waals surface area contributed by atoms with Gasteiger partial charge in [-0.3, -0.25) is 0 Å². The second kappa shape index (κ2) is 9.60. The number of carbonyl (C=O) groups is 2. The van der Waals surface area contributed by atoms with Gasteiger partial charge in [0.25, 0.3) is 0 Å². The summed E-state index contributed by atoms with van der Waals surface area (Å²) in [5.74, 6) is 0. The fourth-order valence-electron chi connectivity index (χ4n) is 1.87. The van der Waals surface area contributed by atoms with Crippen LogP contribution in [0.1, 0.15) is 26.3 Å². The maximum atomic E-state index is 12.1. The van der Waals surface area contributed by atoms with Gasteiger partial charge in [0.05, 0.1) is 0 Å². The average molecular weight is 334 g/mol. The van der Waals surface area contributed by atoms with Crippen molar-refractivity contribution in [3.05, 3.63) is 48.6 Å². The summed E-state index contributed by atoms with van der Waals surface area (Å²) in [4.78, 5) is 25.3. The Balaban J connectivity index is 2.56. The molecular weight excluding hydrogens is 308 g/mol. The molecule has 1 N–H and O–H groups in total. The maximum absolute atomic E-state index is 12.1. The first kappa shape index (κ1) is 19.5. The van der Waals surface area contributed by atoms with Crippen LogP contribution in [0.5, 0.6) is 0 Å². The topological polar surface area (TPSA) is 67.9 Å². The summed E-state index contributed by atoms with van der Waals surface area (Å²) in [6.45, 7) is 10.0. The Hall–Kier alpha value is -2.50. The molecule has 6 nitrogen and oxygen atoms in total. The number of alkyl carbamates (subject to hydrolysis) is 1. The third-order valence-electron chi connectivity index (χ3n) is 2.85. The molecule has 1 aromatic rings. The van der Waals surface area contributed by atoms with Gasteiger partial charge in [-0.1, -0.05) is 43.0 Å². The fraction of sp³-hybridized carbons (Fsp3) is 0.444. The van der Waals surface area contributed by atoms with E-state index in [1.165, 1.54) is 11.0 Å². The highest BCUT2D eigenvalue weighted by atomic mass is 16.6. The molecule has 0 radical (unpaired) electrons. The highest BCUT2D eigenvalue weighted by Crippen LogP contribution is 2.07. The molecule has 0 saturated heterocycles. The molecule has 0 aliphatic carbocycles. The van der Waals surface area contributed by atoms with Crippen LogP contribution in [0.15, 0.2) is 43.0 Å². The van der Waals surface area contributed by atoms with E-state index in [1.54, 1.807) is 20.8 Å². The highest BCUT2D eigenvalue weighted by Gasteiger charge is 2.18. The van der Waals surface area contributed by atoms with E-state index in [0.29, 0.717) is 13.1 Å². The SMILES string of the molecule is C=CCOC(=O)N(CCNC(=O)OC(C)(C)C)Cc1ccccc1. The van der Waals surface area contributed by atoms with Crippen LogP contribution >= 0.6 is 0 Å². The van der Waals surface area contributed by atoms with Gasteiger partial charge in [-0.2, -0.15) is 0 Å². The molecule has 0 aliphatic heterocycles. The van der Waals surface area contributed by atoms with Crippen LogP contribution in [0, 0.1) is 0 Å². The molecule has 0 atom stereocenters. The number of hydrogen-bond donors (Lipinski definition) is 1. The van der Waals surface area contributed by atoms with Gasteiger partial charge in [-0.05, 0) is 26.3 Å². The second-order valence-electron chi connectivity index (χ2n) is 6.20. The van der Waals surface area contributed by atoms with Crippen molar-refractivity contribution >= 4 is 12.2 Å². The molecule has 0 heterocycles. The molecule has 0 spiro atoms. The van der Waals surface area contributed by atoms with E-state index >= 15 is 0 Å². The van der Waals surface area contributed by atoms with E-state index in [0.717, 1.165) is 5.56 Å². The summed E-state index contributed by atoms with van der Waals surface area (Å²) in [6.07, 6.45) is 0.545. The van der Waals surface area contributed by atoms with E-state index in [2.05, 4.69) is 11.9 Å². The normalized spacial score (nSPS) is 10.6. The first-order chi connectivity index (χ1) is 11.3. The van der Waals surface area contributed by atoms with Crippen LogP contribution in [-0.4, -0.2) is 42.4 Å². The van der Waals surface area contributed by atoms with Crippen molar-refractivity contribution in [1.82, 2.24) is 10.2 Å². The van der Waals surface area contributed by atoms with Gasteiger partial charge in [0, 0.05) is 19.6 Å². The first-order valence-corrected chi connectivity index (χ1v) is 7.85. The third kappa shape index (κ3) is 8.22. The number of rotatable bonds is 7. The molecule has 0 saturated carbocycles. The van der Waals surface area contributed by atoms with Gasteiger partial charge < -0.3 is 19.7 Å². The van der Waals surface area contributed by atoms with Gasteiger partial charge in [0.15, 0.2) is 0 Å². The number of ether oxygens (including phenoxy) is 2. The van der Waals surface area contributed by atoms with Crippen molar-refractivity contribution < 1.29 is 19.1 Å². The smallest absolute Gasteiger partial charge is 0.410 e. The summed E-state index contributed by atoms with van der Waals surface area (Å²) in [5.41, 5.74) is 0.418. The van der Waals surface area contributed by atoms with Crippen LogP contribution in [0.2, 0.25) is 0 Å². The third-order valence-corrected chi connectivity index (χ3v) is 2.85. The van der Waals surface area contributed by atoms with Crippen LogP contribution in [0.3, 0.4) is 0 Å². The predicted molar refractivity (Wildman–Crippen MR) is 92.6 cm³/mol. The summed E-state index contributed by atoms with van der Waals surface area (Å²) in [6, 6.07) is 9.57. The van der Waals surface area contributed by atoms with Crippen LogP contribution < -0.4 is 5.32 Å². The first-order valence-electron chi connectivity index (χ1n) is 7.85. The molecule has 2 amide bonds. The van der Waals surface area contributed by atoms with Crippen molar-refractivity contribution in [2.24, 2.45) is 0 Å². The van der Waals surface area contributed by atoms with Gasteiger partial charge in [-0.25, -0.2) is 9.59 Å². The number of nitrogens with zero attached hydrogens (tertiary/aromatic N) is 1. The number of carbonyl (C=O) groups excluding carboxylic acids is 2. The van der Waals surface area contributed by atoms with Gasteiger partial charge in [0.1, 0.15) is 12.2 Å². The zero-order chi connectivity index (χ0) is 18.0.